The number of hydrazine groups is 1. The fourth-order valence-corrected chi connectivity index (χ4v) is 1.65. The Labute approximate surface area is 77.5 Å². The minimum Gasteiger partial charge on any atom is -0.247 e. The lowest BCUT2D eigenvalue weighted by Crippen LogP contribution is -2.31. The summed E-state index contributed by atoms with van der Waals surface area (Å²) in [6.07, 6.45) is 0. The zero-order chi connectivity index (χ0) is 9.42. The van der Waals surface area contributed by atoms with Gasteiger partial charge < -0.3 is 0 Å². The molecule has 0 aromatic heterocycles. The van der Waals surface area contributed by atoms with Crippen LogP contribution in [0.4, 0.5) is 4.39 Å². The van der Waals surface area contributed by atoms with Crippen LogP contribution in [0.3, 0.4) is 0 Å². The Hall–Kier alpha value is -0.930. The normalized spacial score (nSPS) is 16.6. The van der Waals surface area contributed by atoms with Gasteiger partial charge in [-0.3, -0.25) is 0 Å². The smallest absolute Gasteiger partial charge is 0.128 e. The maximum atomic E-state index is 13.3. The van der Waals surface area contributed by atoms with E-state index in [0.717, 1.165) is 17.7 Å². The molecule has 0 spiro atoms. The van der Waals surface area contributed by atoms with Crippen molar-refractivity contribution in [1.29, 1.82) is 0 Å². The van der Waals surface area contributed by atoms with E-state index in [1.54, 1.807) is 6.07 Å². The zero-order valence-corrected chi connectivity index (χ0v) is 7.92. The van der Waals surface area contributed by atoms with Gasteiger partial charge in [0.25, 0.3) is 0 Å². The molecular formula is C10H13FN2. The molecule has 0 N–H and O–H groups in total. The van der Waals surface area contributed by atoms with Crippen molar-refractivity contribution in [3.05, 3.63) is 35.1 Å². The van der Waals surface area contributed by atoms with Gasteiger partial charge in [0.2, 0.25) is 0 Å². The van der Waals surface area contributed by atoms with Gasteiger partial charge in [0.05, 0.1) is 0 Å². The molecule has 3 heteroatoms. The van der Waals surface area contributed by atoms with Gasteiger partial charge >= 0.3 is 0 Å². The second-order valence-corrected chi connectivity index (χ2v) is 3.55. The van der Waals surface area contributed by atoms with Gasteiger partial charge in [0.15, 0.2) is 0 Å². The minimum absolute atomic E-state index is 0.0816. The summed E-state index contributed by atoms with van der Waals surface area (Å²) in [6, 6.07) is 5.28. The summed E-state index contributed by atoms with van der Waals surface area (Å²) < 4.78 is 13.3. The molecule has 1 aliphatic heterocycles. The molecule has 1 heterocycles. The lowest BCUT2D eigenvalue weighted by atomic mass is 10.1. The highest BCUT2D eigenvalue weighted by atomic mass is 19.1. The summed E-state index contributed by atoms with van der Waals surface area (Å²) in [5, 5.41) is 4.10. The van der Waals surface area contributed by atoms with Crippen molar-refractivity contribution in [3.63, 3.8) is 0 Å². The first-order valence-electron chi connectivity index (χ1n) is 4.37. The van der Waals surface area contributed by atoms with Crippen molar-refractivity contribution in [2.45, 2.75) is 13.1 Å². The number of hydrogen-bond donors (Lipinski definition) is 0. The highest BCUT2D eigenvalue weighted by Crippen LogP contribution is 2.24. The number of rotatable bonds is 1. The van der Waals surface area contributed by atoms with Gasteiger partial charge in [0, 0.05) is 32.7 Å². The van der Waals surface area contributed by atoms with Crippen LogP contribution in [0.5, 0.6) is 0 Å². The first-order chi connectivity index (χ1) is 6.18. The van der Waals surface area contributed by atoms with Gasteiger partial charge in [-0.05, 0) is 11.6 Å². The largest absolute Gasteiger partial charge is 0.247 e. The maximum absolute atomic E-state index is 13.3. The summed E-state index contributed by atoms with van der Waals surface area (Å²) in [4.78, 5) is 0. The van der Waals surface area contributed by atoms with E-state index in [-0.39, 0.29) is 5.82 Å². The Bertz CT molecular complexity index is 323. The third-order valence-corrected chi connectivity index (χ3v) is 2.48. The molecule has 0 saturated carbocycles. The van der Waals surface area contributed by atoms with Crippen molar-refractivity contribution in [2.24, 2.45) is 0 Å². The molecule has 13 heavy (non-hydrogen) atoms. The van der Waals surface area contributed by atoms with E-state index in [4.69, 9.17) is 0 Å². The SMILES string of the molecule is CN(C)N1Cc2cccc(F)c2C1. The Kier molecular flexibility index (Phi) is 2.06. The summed E-state index contributed by atoms with van der Waals surface area (Å²) in [5.74, 6) is -0.0816. The summed E-state index contributed by atoms with van der Waals surface area (Å²) >= 11 is 0. The van der Waals surface area contributed by atoms with Crippen molar-refractivity contribution in [2.75, 3.05) is 14.1 Å². The molecule has 1 aliphatic rings. The minimum atomic E-state index is -0.0816. The average molecular weight is 180 g/mol. The van der Waals surface area contributed by atoms with E-state index in [1.165, 1.54) is 6.07 Å². The molecule has 1 aromatic rings. The van der Waals surface area contributed by atoms with E-state index < -0.39 is 0 Å². The second-order valence-electron chi connectivity index (χ2n) is 3.55. The van der Waals surface area contributed by atoms with Crippen molar-refractivity contribution in [3.8, 4) is 0 Å². The van der Waals surface area contributed by atoms with Crippen molar-refractivity contribution < 1.29 is 4.39 Å². The first kappa shape index (κ1) is 8.66. The predicted octanol–water partition coefficient (Wildman–Crippen LogP) is 1.62. The Balaban J connectivity index is 2.30. The second kappa shape index (κ2) is 3.09. The van der Waals surface area contributed by atoms with Gasteiger partial charge in [-0.25, -0.2) is 14.4 Å². The van der Waals surface area contributed by atoms with Crippen LogP contribution in [0, 0.1) is 5.82 Å². The van der Waals surface area contributed by atoms with E-state index in [0.29, 0.717) is 6.54 Å². The standard InChI is InChI=1S/C10H13FN2/c1-12(2)13-6-8-4-3-5-10(11)9(8)7-13/h3-5H,6-7H2,1-2H3. The fourth-order valence-electron chi connectivity index (χ4n) is 1.65. The Morgan fingerprint density at radius 1 is 1.31 bits per heavy atom. The first-order valence-corrected chi connectivity index (χ1v) is 4.37. The number of nitrogens with zero attached hydrogens (tertiary/aromatic N) is 2. The summed E-state index contributed by atoms with van der Waals surface area (Å²) in [5.41, 5.74) is 1.95. The van der Waals surface area contributed by atoms with Crippen molar-refractivity contribution in [1.82, 2.24) is 10.0 Å². The molecule has 0 unspecified atom stereocenters. The van der Waals surface area contributed by atoms with E-state index in [9.17, 15) is 4.39 Å². The molecule has 0 saturated heterocycles. The Morgan fingerprint density at radius 3 is 2.69 bits per heavy atom. The summed E-state index contributed by atoms with van der Waals surface area (Å²) in [7, 11) is 3.95. The molecular weight excluding hydrogens is 167 g/mol. The van der Waals surface area contributed by atoms with E-state index in [2.05, 4.69) is 5.01 Å². The highest BCUT2D eigenvalue weighted by Gasteiger charge is 2.22. The van der Waals surface area contributed by atoms with Crippen LogP contribution in [0.1, 0.15) is 11.1 Å². The van der Waals surface area contributed by atoms with Gasteiger partial charge in [-0.2, -0.15) is 0 Å². The van der Waals surface area contributed by atoms with Gasteiger partial charge in [-0.15, -0.1) is 0 Å². The molecule has 1 aromatic carbocycles. The van der Waals surface area contributed by atoms with Crippen molar-refractivity contribution >= 4 is 0 Å². The molecule has 0 amide bonds. The zero-order valence-electron chi connectivity index (χ0n) is 7.92. The molecule has 0 radical (unpaired) electrons. The number of halogens is 1. The molecule has 0 atom stereocenters. The lowest BCUT2D eigenvalue weighted by Gasteiger charge is -2.22. The highest BCUT2D eigenvalue weighted by molar-refractivity contribution is 5.31. The number of benzene rings is 1. The topological polar surface area (TPSA) is 6.48 Å². The van der Waals surface area contributed by atoms with Crippen LogP contribution in [-0.2, 0) is 13.1 Å². The van der Waals surface area contributed by atoms with Gasteiger partial charge in [0.1, 0.15) is 5.82 Å². The molecule has 0 fully saturated rings. The van der Waals surface area contributed by atoms with E-state index >= 15 is 0 Å². The third-order valence-electron chi connectivity index (χ3n) is 2.48. The third kappa shape index (κ3) is 1.45. The number of hydrogen-bond acceptors (Lipinski definition) is 2. The molecule has 2 nitrogen and oxygen atoms in total. The van der Waals surface area contributed by atoms with Gasteiger partial charge in [-0.1, -0.05) is 12.1 Å². The molecule has 0 aliphatic carbocycles. The quantitative estimate of drug-likeness (QED) is 0.648. The van der Waals surface area contributed by atoms with E-state index in [1.807, 2.05) is 25.2 Å². The molecule has 2 rings (SSSR count). The van der Waals surface area contributed by atoms with Crippen LogP contribution >= 0.6 is 0 Å². The fraction of sp³-hybridized carbons (Fsp3) is 0.400. The number of fused-ring (bicyclic) bond motifs is 1. The van der Waals surface area contributed by atoms with Crippen LogP contribution < -0.4 is 0 Å². The van der Waals surface area contributed by atoms with Crippen LogP contribution in [0.25, 0.3) is 0 Å². The summed E-state index contributed by atoms with van der Waals surface area (Å²) in [6.45, 7) is 1.51. The average Bonchev–Trinajstić information content (AvgIpc) is 2.49. The Morgan fingerprint density at radius 2 is 2.08 bits per heavy atom. The van der Waals surface area contributed by atoms with Crippen LogP contribution in [-0.4, -0.2) is 24.1 Å². The van der Waals surface area contributed by atoms with Crippen LogP contribution in [0.2, 0.25) is 0 Å². The molecule has 0 bridgehead atoms. The predicted molar refractivity (Wildman–Crippen MR) is 49.3 cm³/mol. The molecule has 70 valence electrons. The maximum Gasteiger partial charge on any atom is 0.128 e. The monoisotopic (exact) mass is 180 g/mol. The lowest BCUT2D eigenvalue weighted by molar-refractivity contribution is 0.0205. The van der Waals surface area contributed by atoms with Crippen LogP contribution in [0.15, 0.2) is 18.2 Å².